The number of hydrogen-bond donors (Lipinski definition) is 2. The molecule has 2 aromatic rings. The van der Waals surface area contributed by atoms with Crippen molar-refractivity contribution >= 4 is 32.9 Å². The number of fused-ring (bicyclic) bond motifs is 1. The molecule has 0 unspecified atom stereocenters. The van der Waals surface area contributed by atoms with E-state index in [2.05, 4.69) is 19.7 Å². The number of methoxy groups -OCH3 is 1. The molecule has 3 heterocycles. The van der Waals surface area contributed by atoms with Crippen LogP contribution < -0.4 is 24.6 Å². The lowest BCUT2D eigenvalue weighted by Gasteiger charge is -2.33. The molecule has 0 aromatic carbocycles. The molecule has 0 atom stereocenters. The van der Waals surface area contributed by atoms with Gasteiger partial charge in [0.1, 0.15) is 16.8 Å². The van der Waals surface area contributed by atoms with Crippen molar-refractivity contribution in [3.63, 3.8) is 0 Å². The van der Waals surface area contributed by atoms with Crippen molar-refractivity contribution < 1.29 is 22.7 Å². The lowest BCUT2D eigenvalue weighted by Crippen LogP contribution is -2.45. The summed E-state index contributed by atoms with van der Waals surface area (Å²) in [6.45, 7) is 6.43. The second kappa shape index (κ2) is 9.51. The smallest absolute Gasteiger partial charge is 0.422 e. The second-order valence-corrected chi connectivity index (χ2v) is 10.4. The number of nitrogens with zero attached hydrogens (tertiary/aromatic N) is 4. The molecule has 1 saturated heterocycles. The highest BCUT2D eigenvalue weighted by Gasteiger charge is 2.25. The zero-order valence-electron chi connectivity index (χ0n) is 19.4. The number of aromatic nitrogens is 3. The number of carbonyl (C=O) groups is 1. The van der Waals surface area contributed by atoms with E-state index < -0.39 is 21.9 Å². The normalized spacial score (nSPS) is 15.5. The van der Waals surface area contributed by atoms with Gasteiger partial charge in [-0.05, 0) is 45.6 Å². The Morgan fingerprint density at radius 3 is 2.55 bits per heavy atom. The number of rotatable bonds is 6. The Labute approximate surface area is 192 Å². The molecule has 0 bridgehead atoms. The fourth-order valence-electron chi connectivity index (χ4n) is 3.55. The van der Waals surface area contributed by atoms with Crippen LogP contribution in [0.2, 0.25) is 0 Å². The molecule has 1 aliphatic heterocycles. The van der Waals surface area contributed by atoms with Gasteiger partial charge in [-0.1, -0.05) is 0 Å². The van der Waals surface area contributed by atoms with Crippen molar-refractivity contribution in [1.29, 1.82) is 0 Å². The van der Waals surface area contributed by atoms with E-state index in [4.69, 9.17) is 9.47 Å². The SMILES string of the molecule is COc1nc(N2CCC(CNS(=O)(=O)NC(=O)OC(C)(C)C)CC2)cc2cnn(C)c(=O)c12. The second-order valence-electron chi connectivity index (χ2n) is 8.91. The van der Waals surface area contributed by atoms with Gasteiger partial charge in [0, 0.05) is 32.1 Å². The summed E-state index contributed by atoms with van der Waals surface area (Å²) >= 11 is 0. The van der Waals surface area contributed by atoms with E-state index in [1.165, 1.54) is 11.8 Å². The van der Waals surface area contributed by atoms with Crippen molar-refractivity contribution in [2.45, 2.75) is 39.2 Å². The number of carbonyl (C=O) groups excluding carboxylic acids is 1. The van der Waals surface area contributed by atoms with Crippen LogP contribution in [0.5, 0.6) is 5.88 Å². The van der Waals surface area contributed by atoms with Crippen LogP contribution in [0.25, 0.3) is 10.8 Å². The minimum absolute atomic E-state index is 0.0905. The highest BCUT2D eigenvalue weighted by Crippen LogP contribution is 2.28. The largest absolute Gasteiger partial charge is 0.480 e. The van der Waals surface area contributed by atoms with Crippen molar-refractivity contribution in [1.82, 2.24) is 24.2 Å². The predicted molar refractivity (Wildman–Crippen MR) is 123 cm³/mol. The Morgan fingerprint density at radius 2 is 1.94 bits per heavy atom. The van der Waals surface area contributed by atoms with E-state index in [0.29, 0.717) is 42.5 Å². The molecule has 2 N–H and O–H groups in total. The molecule has 2 aromatic heterocycles. The van der Waals surface area contributed by atoms with E-state index in [-0.39, 0.29) is 23.9 Å². The lowest BCUT2D eigenvalue weighted by molar-refractivity contribution is 0.0569. The average Bonchev–Trinajstić information content (AvgIpc) is 2.72. The molecule has 182 valence electrons. The van der Waals surface area contributed by atoms with E-state index in [1.54, 1.807) is 40.1 Å². The zero-order chi connectivity index (χ0) is 24.4. The summed E-state index contributed by atoms with van der Waals surface area (Å²) in [4.78, 5) is 30.7. The molecule has 0 radical (unpaired) electrons. The highest BCUT2D eigenvalue weighted by molar-refractivity contribution is 7.88. The van der Waals surface area contributed by atoms with E-state index in [0.717, 1.165) is 0 Å². The number of ether oxygens (including phenoxy) is 2. The van der Waals surface area contributed by atoms with Crippen molar-refractivity contribution in [3.8, 4) is 5.88 Å². The Balaban J connectivity index is 1.60. The Morgan fingerprint density at radius 1 is 1.27 bits per heavy atom. The average molecular weight is 483 g/mol. The standard InChI is InChI=1S/C20H30N6O6S/c1-20(2,3)32-19(28)24-33(29,30)22-11-13-6-8-26(9-7-13)15-10-14-12-21-25(4)18(27)16(14)17(23-15)31-5/h10,12-13,22H,6-9,11H2,1-5H3,(H,24,28). The Kier molecular flexibility index (Phi) is 7.12. The van der Waals surface area contributed by atoms with Gasteiger partial charge in [0.05, 0.1) is 13.3 Å². The van der Waals surface area contributed by atoms with Crippen molar-refractivity contribution in [2.75, 3.05) is 31.6 Å². The lowest BCUT2D eigenvalue weighted by atomic mass is 9.97. The monoisotopic (exact) mass is 482 g/mol. The molecular weight excluding hydrogens is 452 g/mol. The summed E-state index contributed by atoms with van der Waals surface area (Å²) in [6.07, 6.45) is 2.01. The first kappa shape index (κ1) is 24.7. The van der Waals surface area contributed by atoms with Gasteiger partial charge in [0.2, 0.25) is 5.88 Å². The third kappa shape index (κ3) is 6.32. The summed E-state index contributed by atoms with van der Waals surface area (Å²) in [5.74, 6) is 1.00. The third-order valence-electron chi connectivity index (χ3n) is 5.19. The first-order valence-corrected chi connectivity index (χ1v) is 12.0. The van der Waals surface area contributed by atoms with E-state index in [9.17, 15) is 18.0 Å². The molecule has 1 fully saturated rings. The van der Waals surface area contributed by atoms with Gasteiger partial charge in [-0.15, -0.1) is 0 Å². The number of piperidine rings is 1. The fraction of sp³-hybridized carbons (Fsp3) is 0.600. The number of aryl methyl sites for hydroxylation is 1. The summed E-state index contributed by atoms with van der Waals surface area (Å²) in [6, 6.07) is 1.81. The maximum absolute atomic E-state index is 12.4. The maximum atomic E-state index is 12.4. The molecule has 13 heteroatoms. The highest BCUT2D eigenvalue weighted by atomic mass is 32.2. The molecule has 1 amide bonds. The molecule has 12 nitrogen and oxygen atoms in total. The minimum Gasteiger partial charge on any atom is -0.480 e. The first-order chi connectivity index (χ1) is 15.4. The van der Waals surface area contributed by atoms with Crippen LogP contribution >= 0.6 is 0 Å². The van der Waals surface area contributed by atoms with Gasteiger partial charge in [0.25, 0.3) is 5.56 Å². The van der Waals surface area contributed by atoms with Gasteiger partial charge >= 0.3 is 16.3 Å². The van der Waals surface area contributed by atoms with E-state index in [1.807, 2.05) is 4.72 Å². The quantitative estimate of drug-likeness (QED) is 0.614. The molecule has 33 heavy (non-hydrogen) atoms. The summed E-state index contributed by atoms with van der Waals surface area (Å²) in [5.41, 5.74) is -1.08. The maximum Gasteiger partial charge on any atom is 0.422 e. The molecule has 0 aliphatic carbocycles. The number of pyridine rings is 1. The predicted octanol–water partition coefficient (Wildman–Crippen LogP) is 0.913. The molecular formula is C20H30N6O6S. The number of anilines is 1. The van der Waals surface area contributed by atoms with Crippen LogP contribution in [0, 0.1) is 5.92 Å². The molecule has 3 rings (SSSR count). The van der Waals surface area contributed by atoms with Crippen LogP contribution in [-0.4, -0.2) is 61.6 Å². The third-order valence-corrected chi connectivity index (χ3v) is 6.17. The number of nitrogens with one attached hydrogen (secondary N) is 2. The van der Waals surface area contributed by atoms with Crippen molar-refractivity contribution in [2.24, 2.45) is 13.0 Å². The van der Waals surface area contributed by atoms with Crippen LogP contribution in [0.1, 0.15) is 33.6 Å². The van der Waals surface area contributed by atoms with Crippen LogP contribution in [0.3, 0.4) is 0 Å². The number of amides is 1. The van der Waals surface area contributed by atoms with Crippen LogP contribution in [0.4, 0.5) is 10.6 Å². The van der Waals surface area contributed by atoms with Crippen molar-refractivity contribution in [3.05, 3.63) is 22.6 Å². The molecule has 0 spiro atoms. The van der Waals surface area contributed by atoms with Gasteiger partial charge in [-0.3, -0.25) is 4.79 Å². The Bertz CT molecular complexity index is 1180. The fourth-order valence-corrected chi connectivity index (χ4v) is 4.34. The summed E-state index contributed by atoms with van der Waals surface area (Å²) < 4.78 is 40.1. The Hall–Kier alpha value is -2.93. The zero-order valence-corrected chi connectivity index (χ0v) is 20.2. The van der Waals surface area contributed by atoms with Gasteiger partial charge in [0.15, 0.2) is 0 Å². The molecule has 0 saturated carbocycles. The topological polar surface area (TPSA) is 145 Å². The van der Waals surface area contributed by atoms with Crippen LogP contribution in [-0.2, 0) is 22.0 Å². The van der Waals surface area contributed by atoms with Gasteiger partial charge in [-0.2, -0.15) is 23.2 Å². The van der Waals surface area contributed by atoms with Crippen LogP contribution in [0.15, 0.2) is 17.1 Å². The minimum atomic E-state index is -4.01. The summed E-state index contributed by atoms with van der Waals surface area (Å²) in [5, 5.41) is 5.08. The van der Waals surface area contributed by atoms with Gasteiger partial charge in [-0.25, -0.2) is 14.2 Å². The van der Waals surface area contributed by atoms with E-state index >= 15 is 0 Å². The molecule has 1 aliphatic rings. The number of hydrogen-bond acceptors (Lipinski definition) is 9. The first-order valence-electron chi connectivity index (χ1n) is 10.5. The van der Waals surface area contributed by atoms with Gasteiger partial charge < -0.3 is 14.4 Å². The summed E-state index contributed by atoms with van der Waals surface area (Å²) in [7, 11) is -0.981.